The molecular weight excluding hydrogens is 330 g/mol. The van der Waals surface area contributed by atoms with Crippen molar-refractivity contribution in [3.05, 3.63) is 59.2 Å². The highest BCUT2D eigenvalue weighted by molar-refractivity contribution is 6.00. The van der Waals surface area contributed by atoms with Gasteiger partial charge in [0.15, 0.2) is 0 Å². The maximum atomic E-state index is 12.7. The standard InChI is InChI=1S/C20H21N3O3/c1-12(24)21-16-9-15(10-17(11-16)22-13(2)25)20(26)23-19-8-7-14-5-3-4-6-18(14)19/h3-6,9-11,19H,7-8H2,1-2H3,(H,21,24)(H,22,25)(H,23,26)/t19-/m0/s1. The van der Waals surface area contributed by atoms with E-state index in [0.29, 0.717) is 16.9 Å². The fourth-order valence-electron chi connectivity index (χ4n) is 3.26. The predicted octanol–water partition coefficient (Wildman–Crippen LogP) is 3.02. The van der Waals surface area contributed by atoms with E-state index in [2.05, 4.69) is 22.0 Å². The van der Waals surface area contributed by atoms with Crippen LogP contribution in [0.25, 0.3) is 0 Å². The summed E-state index contributed by atoms with van der Waals surface area (Å²) in [6, 6.07) is 12.9. The van der Waals surface area contributed by atoms with Gasteiger partial charge in [0, 0.05) is 30.8 Å². The molecule has 3 rings (SSSR count). The van der Waals surface area contributed by atoms with Crippen molar-refractivity contribution in [2.24, 2.45) is 0 Å². The molecule has 6 nitrogen and oxygen atoms in total. The van der Waals surface area contributed by atoms with Gasteiger partial charge in [-0.05, 0) is 42.2 Å². The molecule has 0 aliphatic heterocycles. The Morgan fingerprint density at radius 3 is 2.15 bits per heavy atom. The Labute approximate surface area is 152 Å². The summed E-state index contributed by atoms with van der Waals surface area (Å²) < 4.78 is 0. The van der Waals surface area contributed by atoms with Crippen LogP contribution in [0.5, 0.6) is 0 Å². The molecular formula is C20H21N3O3. The van der Waals surface area contributed by atoms with Crippen LogP contribution in [0.2, 0.25) is 0 Å². The molecule has 2 aromatic rings. The lowest BCUT2D eigenvalue weighted by Gasteiger charge is -2.16. The van der Waals surface area contributed by atoms with E-state index in [1.807, 2.05) is 18.2 Å². The Bertz CT molecular complexity index is 842. The van der Waals surface area contributed by atoms with Gasteiger partial charge in [0.25, 0.3) is 5.91 Å². The molecule has 0 unspecified atom stereocenters. The van der Waals surface area contributed by atoms with Crippen LogP contribution in [-0.2, 0) is 16.0 Å². The highest BCUT2D eigenvalue weighted by atomic mass is 16.2. The number of amides is 3. The number of aryl methyl sites for hydroxylation is 1. The SMILES string of the molecule is CC(=O)Nc1cc(NC(C)=O)cc(C(=O)N[C@H]2CCc3ccccc32)c1. The number of rotatable bonds is 4. The first kappa shape index (κ1) is 17.7. The summed E-state index contributed by atoms with van der Waals surface area (Å²) in [6.07, 6.45) is 1.79. The Morgan fingerprint density at radius 1 is 0.923 bits per heavy atom. The molecule has 1 aliphatic carbocycles. The van der Waals surface area contributed by atoms with Crippen LogP contribution in [0.1, 0.15) is 47.8 Å². The normalized spacial score (nSPS) is 15.1. The number of anilines is 2. The van der Waals surface area contributed by atoms with Gasteiger partial charge < -0.3 is 16.0 Å². The summed E-state index contributed by atoms with van der Waals surface area (Å²) in [4.78, 5) is 35.4. The third-order valence-corrected chi connectivity index (χ3v) is 4.27. The topological polar surface area (TPSA) is 87.3 Å². The predicted molar refractivity (Wildman–Crippen MR) is 100 cm³/mol. The van der Waals surface area contributed by atoms with Gasteiger partial charge in [0.2, 0.25) is 11.8 Å². The lowest BCUT2D eigenvalue weighted by molar-refractivity contribution is -0.115. The number of hydrogen-bond donors (Lipinski definition) is 3. The molecule has 0 radical (unpaired) electrons. The molecule has 0 spiro atoms. The number of benzene rings is 2. The van der Waals surface area contributed by atoms with Crippen LogP contribution < -0.4 is 16.0 Å². The molecule has 1 aliphatic rings. The summed E-state index contributed by atoms with van der Waals surface area (Å²) in [7, 11) is 0. The maximum absolute atomic E-state index is 12.7. The maximum Gasteiger partial charge on any atom is 0.251 e. The first-order valence-electron chi connectivity index (χ1n) is 8.51. The van der Waals surface area contributed by atoms with Gasteiger partial charge in [-0.3, -0.25) is 14.4 Å². The molecule has 134 valence electrons. The Morgan fingerprint density at radius 2 is 1.54 bits per heavy atom. The second-order valence-corrected chi connectivity index (χ2v) is 6.42. The van der Waals surface area contributed by atoms with Crippen molar-refractivity contribution in [3.8, 4) is 0 Å². The number of nitrogens with one attached hydrogen (secondary N) is 3. The third kappa shape index (κ3) is 4.08. The monoisotopic (exact) mass is 351 g/mol. The molecule has 3 N–H and O–H groups in total. The van der Waals surface area contributed by atoms with Gasteiger partial charge in [-0.25, -0.2) is 0 Å². The molecule has 0 saturated heterocycles. The van der Waals surface area contributed by atoms with Crippen LogP contribution in [0, 0.1) is 0 Å². The van der Waals surface area contributed by atoms with Gasteiger partial charge in [0.05, 0.1) is 6.04 Å². The molecule has 0 saturated carbocycles. The van der Waals surface area contributed by atoms with E-state index in [9.17, 15) is 14.4 Å². The second-order valence-electron chi connectivity index (χ2n) is 6.42. The lowest BCUT2D eigenvalue weighted by atomic mass is 10.1. The van der Waals surface area contributed by atoms with Gasteiger partial charge in [0.1, 0.15) is 0 Å². The molecule has 0 fully saturated rings. The number of hydrogen-bond acceptors (Lipinski definition) is 3. The van der Waals surface area contributed by atoms with Crippen LogP contribution in [0.15, 0.2) is 42.5 Å². The van der Waals surface area contributed by atoms with Crippen molar-refractivity contribution in [2.75, 3.05) is 10.6 Å². The second kappa shape index (κ2) is 7.39. The molecule has 0 aromatic heterocycles. The van der Waals surface area contributed by atoms with Crippen LogP contribution >= 0.6 is 0 Å². The molecule has 1 atom stereocenters. The van der Waals surface area contributed by atoms with Crippen molar-refractivity contribution in [3.63, 3.8) is 0 Å². The lowest BCUT2D eigenvalue weighted by Crippen LogP contribution is -2.27. The van der Waals surface area contributed by atoms with E-state index >= 15 is 0 Å². The van der Waals surface area contributed by atoms with Crippen LogP contribution in [0.3, 0.4) is 0 Å². The summed E-state index contributed by atoms with van der Waals surface area (Å²) in [5, 5.41) is 8.35. The first-order valence-corrected chi connectivity index (χ1v) is 8.51. The fourth-order valence-corrected chi connectivity index (χ4v) is 3.26. The molecule has 0 bridgehead atoms. The van der Waals surface area contributed by atoms with Crippen LogP contribution in [0.4, 0.5) is 11.4 Å². The van der Waals surface area contributed by atoms with E-state index in [0.717, 1.165) is 18.4 Å². The first-order chi connectivity index (χ1) is 12.4. The quantitative estimate of drug-likeness (QED) is 0.791. The smallest absolute Gasteiger partial charge is 0.251 e. The molecule has 6 heteroatoms. The minimum absolute atomic E-state index is 0.0349. The summed E-state index contributed by atoms with van der Waals surface area (Å²) >= 11 is 0. The van der Waals surface area contributed by atoms with E-state index in [1.54, 1.807) is 18.2 Å². The molecule has 3 amide bonds. The van der Waals surface area contributed by atoms with Gasteiger partial charge in [-0.15, -0.1) is 0 Å². The Hall–Kier alpha value is -3.15. The Kier molecular flexibility index (Phi) is 5.02. The average Bonchev–Trinajstić information content (AvgIpc) is 2.96. The molecule has 2 aromatic carbocycles. The van der Waals surface area contributed by atoms with Crippen molar-refractivity contribution in [1.29, 1.82) is 0 Å². The molecule has 26 heavy (non-hydrogen) atoms. The minimum atomic E-state index is -0.249. The summed E-state index contributed by atoms with van der Waals surface area (Å²) in [5.41, 5.74) is 3.69. The summed E-state index contributed by atoms with van der Waals surface area (Å²) in [6.45, 7) is 2.78. The van der Waals surface area contributed by atoms with E-state index in [-0.39, 0.29) is 23.8 Å². The molecule has 0 heterocycles. The zero-order chi connectivity index (χ0) is 18.7. The minimum Gasteiger partial charge on any atom is -0.345 e. The van der Waals surface area contributed by atoms with Crippen molar-refractivity contribution in [2.45, 2.75) is 32.7 Å². The van der Waals surface area contributed by atoms with Gasteiger partial charge in [-0.2, -0.15) is 0 Å². The fraction of sp³-hybridized carbons (Fsp3) is 0.250. The van der Waals surface area contributed by atoms with E-state index in [4.69, 9.17) is 0 Å². The van der Waals surface area contributed by atoms with Gasteiger partial charge in [-0.1, -0.05) is 24.3 Å². The average molecular weight is 351 g/mol. The number of carbonyl (C=O) groups excluding carboxylic acids is 3. The van der Waals surface area contributed by atoms with E-state index in [1.165, 1.54) is 19.4 Å². The Balaban J connectivity index is 1.84. The number of fused-ring (bicyclic) bond motifs is 1. The third-order valence-electron chi connectivity index (χ3n) is 4.27. The highest BCUT2D eigenvalue weighted by Crippen LogP contribution is 2.31. The number of carbonyl (C=O) groups is 3. The van der Waals surface area contributed by atoms with Crippen molar-refractivity contribution >= 4 is 29.1 Å². The van der Waals surface area contributed by atoms with Gasteiger partial charge >= 0.3 is 0 Å². The largest absolute Gasteiger partial charge is 0.345 e. The highest BCUT2D eigenvalue weighted by Gasteiger charge is 2.24. The van der Waals surface area contributed by atoms with Crippen molar-refractivity contribution in [1.82, 2.24) is 5.32 Å². The summed E-state index contributed by atoms with van der Waals surface area (Å²) in [5.74, 6) is -0.743. The van der Waals surface area contributed by atoms with Crippen molar-refractivity contribution < 1.29 is 14.4 Å². The zero-order valence-corrected chi connectivity index (χ0v) is 14.8. The zero-order valence-electron chi connectivity index (χ0n) is 14.8. The van der Waals surface area contributed by atoms with E-state index < -0.39 is 0 Å². The van der Waals surface area contributed by atoms with Crippen LogP contribution in [-0.4, -0.2) is 17.7 Å².